The monoisotopic (exact) mass is 300 g/mol. The number of rotatable bonds is 8. The lowest BCUT2D eigenvalue weighted by Crippen LogP contribution is -2.04. The van der Waals surface area contributed by atoms with Crippen molar-refractivity contribution in [2.24, 2.45) is 0 Å². The molecule has 4 heteroatoms. The molecule has 22 heavy (non-hydrogen) atoms. The summed E-state index contributed by atoms with van der Waals surface area (Å²) < 4.78 is 21.6. The maximum atomic E-state index is 5.77. The van der Waals surface area contributed by atoms with E-state index in [1.165, 1.54) is 0 Å². The van der Waals surface area contributed by atoms with Crippen molar-refractivity contribution >= 4 is 11.5 Å². The third-order valence-electron chi connectivity index (χ3n) is 2.92. The molecule has 0 atom stereocenters. The minimum absolute atomic E-state index is 0.136. The summed E-state index contributed by atoms with van der Waals surface area (Å²) in [5.74, 6) is 1.23. The molecular weight excluding hydrogens is 280 g/mol. The molecule has 116 valence electrons. The molecule has 0 aliphatic rings. The summed E-state index contributed by atoms with van der Waals surface area (Å²) in [5.41, 5.74) is 1.82. The Balaban J connectivity index is 2.48. The fourth-order valence-electron chi connectivity index (χ4n) is 1.97. The second kappa shape index (κ2) is 8.87. The zero-order chi connectivity index (χ0) is 15.6. The molecule has 0 aliphatic heterocycles. The third kappa shape index (κ3) is 4.35. The zero-order valence-electron chi connectivity index (χ0n) is 12.8. The molecular formula is C18H20O4. The van der Waals surface area contributed by atoms with Gasteiger partial charge in [0.2, 0.25) is 0 Å². The summed E-state index contributed by atoms with van der Waals surface area (Å²) in [7, 11) is 3.17. The Morgan fingerprint density at radius 1 is 0.636 bits per heavy atom. The summed E-state index contributed by atoms with van der Waals surface area (Å²) in [6.07, 6.45) is 0. The van der Waals surface area contributed by atoms with Gasteiger partial charge in [0.1, 0.15) is 0 Å². The first kappa shape index (κ1) is 16.1. The van der Waals surface area contributed by atoms with E-state index in [9.17, 15) is 0 Å². The van der Waals surface area contributed by atoms with E-state index in [-0.39, 0.29) is 13.6 Å². The summed E-state index contributed by atoms with van der Waals surface area (Å²) in [6, 6.07) is 19.6. The van der Waals surface area contributed by atoms with Crippen LogP contribution in [0.15, 0.2) is 60.7 Å². The first-order valence-corrected chi connectivity index (χ1v) is 6.95. The van der Waals surface area contributed by atoms with Crippen LogP contribution in [-0.2, 0) is 18.9 Å². The van der Waals surface area contributed by atoms with Gasteiger partial charge in [0.25, 0.3) is 0 Å². The van der Waals surface area contributed by atoms with Crippen molar-refractivity contribution < 1.29 is 18.9 Å². The Hall–Kier alpha value is -2.30. The van der Waals surface area contributed by atoms with E-state index in [1.807, 2.05) is 60.7 Å². The van der Waals surface area contributed by atoms with Crippen molar-refractivity contribution in [1.82, 2.24) is 0 Å². The Bertz CT molecular complexity index is 525. The number of hydrogen-bond donors (Lipinski definition) is 0. The van der Waals surface area contributed by atoms with Crippen LogP contribution in [-0.4, -0.2) is 27.8 Å². The molecule has 0 amide bonds. The highest BCUT2D eigenvalue weighted by atomic mass is 16.7. The fourth-order valence-corrected chi connectivity index (χ4v) is 1.97. The summed E-state index contributed by atoms with van der Waals surface area (Å²) >= 11 is 0. The molecule has 4 nitrogen and oxygen atoms in total. The van der Waals surface area contributed by atoms with Gasteiger partial charge in [0.15, 0.2) is 25.1 Å². The molecule has 2 aromatic carbocycles. The van der Waals surface area contributed by atoms with Crippen LogP contribution in [0.1, 0.15) is 11.1 Å². The lowest BCUT2D eigenvalue weighted by Gasteiger charge is -2.17. The number of benzene rings is 2. The summed E-state index contributed by atoms with van der Waals surface area (Å²) in [5, 5.41) is 0. The molecule has 0 radical (unpaired) electrons. The van der Waals surface area contributed by atoms with Crippen molar-refractivity contribution in [2.75, 3.05) is 27.8 Å². The molecule has 0 N–H and O–H groups in total. The van der Waals surface area contributed by atoms with E-state index in [0.29, 0.717) is 11.5 Å². The van der Waals surface area contributed by atoms with Crippen LogP contribution >= 0.6 is 0 Å². The largest absolute Gasteiger partial charge is 0.463 e. The summed E-state index contributed by atoms with van der Waals surface area (Å²) in [6.45, 7) is 0.272. The van der Waals surface area contributed by atoms with Gasteiger partial charge in [0.05, 0.1) is 0 Å². The SMILES string of the molecule is COCO/C(=C(/OCOC)c1ccccc1)c1ccccc1. The van der Waals surface area contributed by atoms with Gasteiger partial charge in [0, 0.05) is 25.3 Å². The first-order valence-electron chi connectivity index (χ1n) is 6.95. The fraction of sp³-hybridized carbons (Fsp3) is 0.222. The van der Waals surface area contributed by atoms with Crippen molar-refractivity contribution in [3.63, 3.8) is 0 Å². The van der Waals surface area contributed by atoms with Gasteiger partial charge in [-0.25, -0.2) is 0 Å². The highest BCUT2D eigenvalue weighted by Gasteiger charge is 2.15. The number of ether oxygens (including phenoxy) is 4. The van der Waals surface area contributed by atoms with Crippen LogP contribution < -0.4 is 0 Å². The van der Waals surface area contributed by atoms with Gasteiger partial charge < -0.3 is 18.9 Å². The van der Waals surface area contributed by atoms with E-state index >= 15 is 0 Å². The molecule has 0 saturated heterocycles. The molecule has 0 spiro atoms. The third-order valence-corrected chi connectivity index (χ3v) is 2.92. The minimum Gasteiger partial charge on any atom is -0.463 e. The average molecular weight is 300 g/mol. The molecule has 2 aromatic rings. The first-order chi connectivity index (χ1) is 10.9. The molecule has 0 bridgehead atoms. The van der Waals surface area contributed by atoms with Crippen LogP contribution in [0.25, 0.3) is 11.5 Å². The van der Waals surface area contributed by atoms with E-state index in [2.05, 4.69) is 0 Å². The van der Waals surface area contributed by atoms with E-state index < -0.39 is 0 Å². The Morgan fingerprint density at radius 2 is 1.00 bits per heavy atom. The van der Waals surface area contributed by atoms with Gasteiger partial charge in [-0.1, -0.05) is 60.7 Å². The second-order valence-electron chi connectivity index (χ2n) is 4.49. The molecule has 0 aromatic heterocycles. The molecule has 0 aliphatic carbocycles. The van der Waals surface area contributed by atoms with Crippen LogP contribution in [0.2, 0.25) is 0 Å². The van der Waals surface area contributed by atoms with E-state index in [1.54, 1.807) is 14.2 Å². The van der Waals surface area contributed by atoms with Crippen molar-refractivity contribution in [3.8, 4) is 0 Å². The van der Waals surface area contributed by atoms with Crippen molar-refractivity contribution in [1.29, 1.82) is 0 Å². The smallest absolute Gasteiger partial charge is 0.188 e. The number of methoxy groups -OCH3 is 2. The van der Waals surface area contributed by atoms with Gasteiger partial charge in [-0.2, -0.15) is 0 Å². The Labute approximate surface area is 130 Å². The van der Waals surface area contributed by atoms with Crippen LogP contribution in [0.3, 0.4) is 0 Å². The van der Waals surface area contributed by atoms with Gasteiger partial charge in [-0.05, 0) is 0 Å². The maximum absolute atomic E-state index is 5.77. The normalized spacial score (nSPS) is 11.7. The van der Waals surface area contributed by atoms with Crippen LogP contribution in [0.4, 0.5) is 0 Å². The van der Waals surface area contributed by atoms with E-state index in [4.69, 9.17) is 18.9 Å². The van der Waals surface area contributed by atoms with Gasteiger partial charge in [-0.15, -0.1) is 0 Å². The van der Waals surface area contributed by atoms with Crippen molar-refractivity contribution in [3.05, 3.63) is 71.8 Å². The molecule has 2 rings (SSSR count). The Kier molecular flexibility index (Phi) is 6.48. The lowest BCUT2D eigenvalue weighted by molar-refractivity contribution is 0.0172. The topological polar surface area (TPSA) is 36.9 Å². The average Bonchev–Trinajstić information content (AvgIpc) is 2.59. The number of hydrogen-bond acceptors (Lipinski definition) is 4. The van der Waals surface area contributed by atoms with Gasteiger partial charge in [-0.3, -0.25) is 0 Å². The molecule has 0 fully saturated rings. The highest BCUT2D eigenvalue weighted by molar-refractivity contribution is 5.84. The Morgan fingerprint density at radius 3 is 1.32 bits per heavy atom. The maximum Gasteiger partial charge on any atom is 0.188 e. The summed E-state index contributed by atoms with van der Waals surface area (Å²) in [4.78, 5) is 0. The second-order valence-corrected chi connectivity index (χ2v) is 4.49. The molecule has 0 unspecified atom stereocenters. The highest BCUT2D eigenvalue weighted by Crippen LogP contribution is 2.28. The predicted octanol–water partition coefficient (Wildman–Crippen LogP) is 3.75. The predicted molar refractivity (Wildman–Crippen MR) is 85.6 cm³/mol. The lowest BCUT2D eigenvalue weighted by atomic mass is 10.1. The molecule has 0 saturated carbocycles. The van der Waals surface area contributed by atoms with Crippen LogP contribution in [0, 0.1) is 0 Å². The standard InChI is InChI=1S/C18H20O4/c1-19-13-21-17(15-9-5-3-6-10-15)18(22-14-20-2)16-11-7-4-8-12-16/h3-12H,13-14H2,1-2H3/b18-17+. The van der Waals surface area contributed by atoms with Crippen LogP contribution in [0.5, 0.6) is 0 Å². The molecule has 0 heterocycles. The quantitative estimate of drug-likeness (QED) is 0.422. The van der Waals surface area contributed by atoms with Gasteiger partial charge >= 0.3 is 0 Å². The minimum atomic E-state index is 0.136. The van der Waals surface area contributed by atoms with Crippen molar-refractivity contribution in [2.45, 2.75) is 0 Å². The zero-order valence-corrected chi connectivity index (χ0v) is 12.8. The van der Waals surface area contributed by atoms with E-state index in [0.717, 1.165) is 11.1 Å².